The Labute approximate surface area is 125 Å². The molecule has 0 bridgehead atoms. The van der Waals surface area contributed by atoms with Gasteiger partial charge in [-0.15, -0.1) is 0 Å². The number of halogens is 1. The minimum atomic E-state index is -3.15. The van der Waals surface area contributed by atoms with E-state index in [0.717, 1.165) is 0 Å². The fourth-order valence-electron chi connectivity index (χ4n) is 1.46. The molecule has 1 aromatic heterocycles. The number of aromatic nitrogens is 2. The van der Waals surface area contributed by atoms with Crippen LogP contribution in [0.15, 0.2) is 6.20 Å². The molecule has 116 valence electrons. The second-order valence-electron chi connectivity index (χ2n) is 3.83. The van der Waals surface area contributed by atoms with Crippen LogP contribution in [0.25, 0.3) is 0 Å². The van der Waals surface area contributed by atoms with Crippen molar-refractivity contribution in [1.82, 2.24) is 19.7 Å². The zero-order valence-corrected chi connectivity index (χ0v) is 13.8. The Morgan fingerprint density at radius 2 is 2.25 bits per heavy atom. The van der Waals surface area contributed by atoms with Crippen molar-refractivity contribution in [2.24, 2.45) is 7.05 Å². The van der Waals surface area contributed by atoms with E-state index in [1.54, 1.807) is 7.05 Å². The summed E-state index contributed by atoms with van der Waals surface area (Å²) in [5.41, 5.74) is 0.548. The van der Waals surface area contributed by atoms with E-state index in [4.69, 9.17) is 14.9 Å². The van der Waals surface area contributed by atoms with Crippen LogP contribution in [0.3, 0.4) is 0 Å². The largest absolute Gasteiger partial charge is 0.341 e. The minimum Gasteiger partial charge on any atom is -0.311 e. The van der Waals surface area contributed by atoms with Gasteiger partial charge < -0.3 is 4.57 Å². The van der Waals surface area contributed by atoms with Crippen LogP contribution in [0.4, 0.5) is 5.95 Å². The Bertz CT molecular complexity index is 469. The van der Waals surface area contributed by atoms with Crippen molar-refractivity contribution >= 4 is 29.5 Å². The Hall–Kier alpha value is -0.480. The Kier molecular flexibility index (Phi) is 7.10. The predicted molar refractivity (Wildman–Crippen MR) is 77.1 cm³/mol. The molecule has 0 spiro atoms. The molecule has 0 radical (unpaired) electrons. The molecule has 0 amide bonds. The first kappa shape index (κ1) is 17.6. The van der Waals surface area contributed by atoms with E-state index in [1.165, 1.54) is 10.8 Å². The summed E-state index contributed by atoms with van der Waals surface area (Å²) in [7, 11) is -1.56. The van der Waals surface area contributed by atoms with Crippen molar-refractivity contribution in [2.75, 3.05) is 23.6 Å². The number of anilines is 1. The lowest BCUT2D eigenvalue weighted by Gasteiger charge is -2.19. The standard InChI is InChI=1S/C9H19BrN5O4P/c1-3-12-20(18,13-5-4-10)19-7-8-6-11-9(14(8)2)15(16)17/h6,16-17H,3-5,7H2,1-2H3,(H2,12,13,18)/t20-/m1/s1. The van der Waals surface area contributed by atoms with Gasteiger partial charge in [0.1, 0.15) is 0 Å². The predicted octanol–water partition coefficient (Wildman–Crippen LogP) is 1.22. The maximum Gasteiger partial charge on any atom is 0.341 e. The molecular weight excluding hydrogens is 353 g/mol. The van der Waals surface area contributed by atoms with Gasteiger partial charge in [-0.1, -0.05) is 28.1 Å². The Morgan fingerprint density at radius 1 is 1.55 bits per heavy atom. The van der Waals surface area contributed by atoms with E-state index in [0.29, 0.717) is 24.1 Å². The first-order valence-electron chi connectivity index (χ1n) is 5.92. The maximum absolute atomic E-state index is 12.4. The van der Waals surface area contributed by atoms with Crippen molar-refractivity contribution in [3.05, 3.63) is 11.9 Å². The molecule has 0 saturated heterocycles. The number of nitrogens with one attached hydrogen (secondary N) is 2. The van der Waals surface area contributed by atoms with Crippen molar-refractivity contribution < 1.29 is 19.5 Å². The van der Waals surface area contributed by atoms with Crippen molar-refractivity contribution in [2.45, 2.75) is 13.5 Å². The third-order valence-corrected chi connectivity index (χ3v) is 4.68. The lowest BCUT2D eigenvalue weighted by Crippen LogP contribution is -2.25. The van der Waals surface area contributed by atoms with Gasteiger partial charge in [-0.3, -0.25) is 19.5 Å². The van der Waals surface area contributed by atoms with Gasteiger partial charge in [-0.2, -0.15) is 0 Å². The topological polar surface area (TPSA) is 112 Å². The number of rotatable bonds is 9. The number of hydrogen-bond acceptors (Lipinski definition) is 6. The molecule has 1 aromatic rings. The fraction of sp³-hybridized carbons (Fsp3) is 0.667. The number of hydrogen-bond donors (Lipinski definition) is 4. The normalized spacial score (nSPS) is 14.2. The van der Waals surface area contributed by atoms with Crippen LogP contribution in [0.2, 0.25) is 0 Å². The summed E-state index contributed by atoms with van der Waals surface area (Å²) in [5, 5.41) is 24.0. The molecule has 4 N–H and O–H groups in total. The van der Waals surface area contributed by atoms with E-state index >= 15 is 0 Å². The first-order chi connectivity index (χ1) is 9.43. The fourth-order valence-corrected chi connectivity index (χ4v) is 3.39. The smallest absolute Gasteiger partial charge is 0.311 e. The molecule has 9 nitrogen and oxygen atoms in total. The molecular formula is C9H19BrN5O4P. The highest BCUT2D eigenvalue weighted by Crippen LogP contribution is 2.38. The Balaban J connectivity index is 2.70. The average molecular weight is 372 g/mol. The zero-order valence-electron chi connectivity index (χ0n) is 11.3. The summed E-state index contributed by atoms with van der Waals surface area (Å²) in [6.07, 6.45) is 1.41. The summed E-state index contributed by atoms with van der Waals surface area (Å²) in [6, 6.07) is 0. The van der Waals surface area contributed by atoms with E-state index in [9.17, 15) is 4.57 Å². The quantitative estimate of drug-likeness (QED) is 0.291. The summed E-state index contributed by atoms with van der Waals surface area (Å²) in [6.45, 7) is 2.81. The molecule has 0 aliphatic rings. The molecule has 0 unspecified atom stereocenters. The van der Waals surface area contributed by atoms with Gasteiger partial charge in [-0.05, 0) is 0 Å². The SMILES string of the molecule is CCN[P@](=O)(NCCBr)OCc1cnc(N(O)O)n1C. The van der Waals surface area contributed by atoms with Crippen LogP contribution in [-0.4, -0.2) is 38.4 Å². The summed E-state index contributed by atoms with van der Waals surface area (Å²) >= 11 is 3.24. The third kappa shape index (κ3) is 4.81. The van der Waals surface area contributed by atoms with Crippen LogP contribution in [0.1, 0.15) is 12.6 Å². The Morgan fingerprint density at radius 3 is 2.75 bits per heavy atom. The van der Waals surface area contributed by atoms with Crippen molar-refractivity contribution in [3.63, 3.8) is 0 Å². The summed E-state index contributed by atoms with van der Waals surface area (Å²) < 4.78 is 19.2. The van der Waals surface area contributed by atoms with Crippen LogP contribution >= 0.6 is 23.6 Å². The lowest BCUT2D eigenvalue weighted by molar-refractivity contribution is 0.0227. The molecule has 0 fully saturated rings. The molecule has 1 atom stereocenters. The summed E-state index contributed by atoms with van der Waals surface area (Å²) in [5.74, 6) is -0.0599. The number of imidazole rings is 1. The molecule has 11 heteroatoms. The molecule has 1 rings (SSSR count). The molecule has 20 heavy (non-hydrogen) atoms. The average Bonchev–Trinajstić information content (AvgIpc) is 2.76. The monoisotopic (exact) mass is 371 g/mol. The second-order valence-corrected chi connectivity index (χ2v) is 6.62. The van der Waals surface area contributed by atoms with Crippen molar-refractivity contribution in [1.29, 1.82) is 0 Å². The zero-order chi connectivity index (χ0) is 15.2. The molecule has 0 saturated carbocycles. The van der Waals surface area contributed by atoms with E-state index in [-0.39, 0.29) is 17.8 Å². The van der Waals surface area contributed by atoms with Gasteiger partial charge in [0.25, 0.3) is 5.95 Å². The van der Waals surface area contributed by atoms with Crippen LogP contribution in [0, 0.1) is 0 Å². The molecule has 1 heterocycles. The van der Waals surface area contributed by atoms with Gasteiger partial charge in [0.15, 0.2) is 0 Å². The lowest BCUT2D eigenvalue weighted by atomic mass is 10.5. The van der Waals surface area contributed by atoms with E-state index in [2.05, 4.69) is 31.1 Å². The van der Waals surface area contributed by atoms with Gasteiger partial charge in [-0.25, -0.2) is 15.2 Å². The summed E-state index contributed by atoms with van der Waals surface area (Å²) in [4.78, 5) is 3.79. The van der Waals surface area contributed by atoms with Gasteiger partial charge >= 0.3 is 7.67 Å². The van der Waals surface area contributed by atoms with E-state index in [1.807, 2.05) is 6.92 Å². The molecule has 0 aromatic carbocycles. The van der Waals surface area contributed by atoms with Gasteiger partial charge in [0.05, 0.1) is 18.5 Å². The molecule has 0 aliphatic carbocycles. The minimum absolute atomic E-state index is 0.0108. The van der Waals surface area contributed by atoms with E-state index < -0.39 is 7.67 Å². The highest BCUT2D eigenvalue weighted by Gasteiger charge is 2.22. The second kappa shape index (κ2) is 8.08. The number of alkyl halides is 1. The van der Waals surface area contributed by atoms with Gasteiger partial charge in [0.2, 0.25) is 0 Å². The third-order valence-electron chi connectivity index (χ3n) is 2.41. The van der Waals surface area contributed by atoms with Crippen molar-refractivity contribution in [3.8, 4) is 0 Å². The molecule has 0 aliphatic heterocycles. The highest BCUT2D eigenvalue weighted by atomic mass is 79.9. The first-order valence-corrected chi connectivity index (χ1v) is 8.67. The number of nitrogens with zero attached hydrogens (tertiary/aromatic N) is 3. The van der Waals surface area contributed by atoms with Crippen LogP contribution in [-0.2, 0) is 22.7 Å². The van der Waals surface area contributed by atoms with Crippen LogP contribution in [0.5, 0.6) is 0 Å². The van der Waals surface area contributed by atoms with Gasteiger partial charge in [0, 0.05) is 25.5 Å². The highest BCUT2D eigenvalue weighted by molar-refractivity contribution is 9.09. The van der Waals surface area contributed by atoms with Crippen LogP contribution < -0.4 is 15.4 Å². The maximum atomic E-state index is 12.4.